The summed E-state index contributed by atoms with van der Waals surface area (Å²) < 4.78 is 16.4. The van der Waals surface area contributed by atoms with Crippen molar-refractivity contribution in [1.82, 2.24) is 16.0 Å². The summed E-state index contributed by atoms with van der Waals surface area (Å²) in [5, 5.41) is 45.4. The Morgan fingerprint density at radius 1 is 0.804 bits per heavy atom. The summed E-state index contributed by atoms with van der Waals surface area (Å²) in [6.07, 6.45) is -3.42. The van der Waals surface area contributed by atoms with Gasteiger partial charge < -0.3 is 55.5 Å². The first-order valence-electron chi connectivity index (χ1n) is 16.4. The number of rotatable bonds is 16. The third kappa shape index (κ3) is 11.0. The van der Waals surface area contributed by atoms with Gasteiger partial charge in [-0.05, 0) is 56.2 Å². The second-order valence-electron chi connectivity index (χ2n) is 12.9. The number of hydrogen-bond donors (Lipinski definition) is 7. The molecule has 0 fully saturated rings. The normalized spacial score (nSPS) is 13.4. The van der Waals surface area contributed by atoms with Crippen molar-refractivity contribution in [1.29, 1.82) is 0 Å². The lowest BCUT2D eigenvalue weighted by molar-refractivity contribution is -0.127. The number of aliphatic hydroxyl groups is 4. The Kier molecular flexibility index (Phi) is 13.1. The standard InChI is InChI=1S/C35H44N4O12/c1-35(2,3)51-34(48)37-11-10-36-29(45)14-38-28(44)8-9-30(46)39-15-20-12-23(49-18-21(42)16-40)4-6-25(20)31-32(33(31)47)26-7-5-24(13-27(26)39)50-19-22(43)17-41/h4-7,12-13,21-22,40-43H,8-11,14-19H2,1-3H3,(H,36,45)(H,37,48)(H,38,44)/t21-,22-/m0/s1. The largest absolute Gasteiger partial charge is 0.491 e. The molecule has 0 aliphatic carbocycles. The minimum Gasteiger partial charge on any atom is -0.491 e. The Morgan fingerprint density at radius 3 is 2.02 bits per heavy atom. The van der Waals surface area contributed by atoms with Gasteiger partial charge in [-0.1, -0.05) is 6.07 Å². The number of nitrogens with one attached hydrogen (secondary N) is 3. The van der Waals surface area contributed by atoms with Crippen molar-refractivity contribution in [3.8, 4) is 33.8 Å². The third-order valence-electron chi connectivity index (χ3n) is 7.58. The molecule has 0 spiro atoms. The number of fused-ring (bicyclic) bond motifs is 5. The molecule has 0 bridgehead atoms. The second-order valence-corrected chi connectivity index (χ2v) is 12.9. The number of alkyl carbamates (subject to hydrolysis) is 1. The van der Waals surface area contributed by atoms with Gasteiger partial charge in [-0.3, -0.25) is 19.2 Å². The lowest BCUT2D eigenvalue weighted by atomic mass is 9.98. The molecule has 4 amide bonds. The minimum atomic E-state index is -1.15. The van der Waals surface area contributed by atoms with Crippen molar-refractivity contribution in [3.63, 3.8) is 0 Å². The smallest absolute Gasteiger partial charge is 0.407 e. The van der Waals surface area contributed by atoms with E-state index in [0.717, 1.165) is 0 Å². The molecule has 276 valence electrons. The van der Waals surface area contributed by atoms with Gasteiger partial charge in [0.1, 0.15) is 42.5 Å². The summed E-state index contributed by atoms with van der Waals surface area (Å²) in [7, 11) is 0. The monoisotopic (exact) mass is 712 g/mol. The highest BCUT2D eigenvalue weighted by molar-refractivity contribution is 6.06. The van der Waals surface area contributed by atoms with Crippen molar-refractivity contribution in [2.45, 2.75) is 58.0 Å². The zero-order valence-corrected chi connectivity index (χ0v) is 28.7. The van der Waals surface area contributed by atoms with E-state index in [1.807, 2.05) is 0 Å². The van der Waals surface area contributed by atoms with Crippen molar-refractivity contribution in [2.75, 3.05) is 51.0 Å². The van der Waals surface area contributed by atoms with Gasteiger partial charge in [0.25, 0.3) is 0 Å². The maximum Gasteiger partial charge on any atom is 0.407 e. The van der Waals surface area contributed by atoms with Crippen LogP contribution in [0.3, 0.4) is 0 Å². The van der Waals surface area contributed by atoms with Crippen molar-refractivity contribution < 1.29 is 53.8 Å². The number of hydrogen-bond acceptors (Lipinski definition) is 12. The second kappa shape index (κ2) is 17.3. The number of ether oxygens (including phenoxy) is 3. The Labute approximate surface area is 294 Å². The van der Waals surface area contributed by atoms with E-state index < -0.39 is 54.8 Å². The van der Waals surface area contributed by atoms with Crippen LogP contribution < -0.4 is 35.8 Å². The van der Waals surface area contributed by atoms with E-state index in [0.29, 0.717) is 39.3 Å². The third-order valence-corrected chi connectivity index (χ3v) is 7.58. The van der Waals surface area contributed by atoms with Gasteiger partial charge in [0.2, 0.25) is 17.7 Å². The molecule has 3 aromatic rings. The lowest BCUT2D eigenvalue weighted by Crippen LogP contribution is -2.41. The molecule has 51 heavy (non-hydrogen) atoms. The summed E-state index contributed by atoms with van der Waals surface area (Å²) in [4.78, 5) is 65.0. The van der Waals surface area contributed by atoms with E-state index in [1.165, 1.54) is 4.90 Å². The van der Waals surface area contributed by atoms with Crippen LogP contribution in [0.25, 0.3) is 22.3 Å². The van der Waals surface area contributed by atoms with Gasteiger partial charge in [0.05, 0.1) is 32.0 Å². The van der Waals surface area contributed by atoms with Gasteiger partial charge in [-0.2, -0.15) is 0 Å². The molecule has 2 atom stereocenters. The average molecular weight is 713 g/mol. The van der Waals surface area contributed by atoms with Crippen LogP contribution in [-0.4, -0.2) is 108 Å². The van der Waals surface area contributed by atoms with Crippen LogP contribution in [0.4, 0.5) is 10.5 Å². The van der Waals surface area contributed by atoms with Crippen LogP contribution in [0.1, 0.15) is 39.2 Å². The van der Waals surface area contributed by atoms with Gasteiger partial charge in [-0.25, -0.2) is 4.79 Å². The topological polar surface area (TPSA) is 233 Å². The predicted octanol–water partition coefficient (Wildman–Crippen LogP) is 0.104. The Morgan fingerprint density at radius 2 is 1.39 bits per heavy atom. The first-order chi connectivity index (χ1) is 24.2. The van der Waals surface area contributed by atoms with Gasteiger partial charge in [0, 0.05) is 48.7 Å². The fourth-order valence-corrected chi connectivity index (χ4v) is 5.09. The number of nitrogens with zero attached hydrogens (tertiary/aromatic N) is 1. The van der Waals surface area contributed by atoms with Crippen LogP contribution in [0.15, 0.2) is 41.2 Å². The Hall–Kier alpha value is -5.03. The molecule has 0 saturated carbocycles. The van der Waals surface area contributed by atoms with E-state index in [4.69, 9.17) is 19.3 Å². The number of benzene rings is 2. The first-order valence-corrected chi connectivity index (χ1v) is 16.4. The van der Waals surface area contributed by atoms with Gasteiger partial charge in [-0.15, -0.1) is 0 Å². The first kappa shape index (κ1) is 38.8. The number of aliphatic hydroxyl groups excluding tert-OH is 4. The molecule has 1 aliphatic heterocycles. The highest BCUT2D eigenvalue weighted by Gasteiger charge is 2.35. The van der Waals surface area contributed by atoms with Crippen LogP contribution in [0.5, 0.6) is 11.5 Å². The lowest BCUT2D eigenvalue weighted by Gasteiger charge is -2.28. The van der Waals surface area contributed by atoms with Gasteiger partial charge in [0.15, 0.2) is 5.43 Å². The van der Waals surface area contributed by atoms with Crippen LogP contribution in [-0.2, 0) is 25.7 Å². The Bertz CT molecular complexity index is 1730. The van der Waals surface area contributed by atoms with Gasteiger partial charge >= 0.3 is 6.09 Å². The molecule has 16 heteroatoms. The van der Waals surface area contributed by atoms with Crippen LogP contribution in [0.2, 0.25) is 0 Å². The van der Waals surface area contributed by atoms with Crippen molar-refractivity contribution >= 4 is 29.5 Å². The Balaban J connectivity index is 1.46. The number of carbonyl (C=O) groups is 4. The number of carbonyl (C=O) groups excluding carboxylic acids is 4. The number of anilines is 1. The highest BCUT2D eigenvalue weighted by atomic mass is 16.6. The molecule has 16 nitrogen and oxygen atoms in total. The predicted molar refractivity (Wildman–Crippen MR) is 184 cm³/mol. The molecule has 0 unspecified atom stereocenters. The van der Waals surface area contributed by atoms with Crippen molar-refractivity contribution in [2.24, 2.45) is 0 Å². The fourth-order valence-electron chi connectivity index (χ4n) is 5.09. The summed E-state index contributed by atoms with van der Waals surface area (Å²) in [6, 6.07) is 9.69. The average Bonchev–Trinajstić information content (AvgIpc) is 3.75. The summed E-state index contributed by atoms with van der Waals surface area (Å²) >= 11 is 0. The van der Waals surface area contributed by atoms with E-state index in [9.17, 15) is 39.3 Å². The SMILES string of the molecule is CC(C)(C)OC(=O)NCCNC(=O)CNC(=O)CCC(=O)N1Cc2cc(OC[C@@H](O)CO)ccc2-c2c(c2=O)-c2ccc(OC[C@@H](O)CO)cc21. The summed E-state index contributed by atoms with van der Waals surface area (Å²) in [6.45, 7) is 3.54. The van der Waals surface area contributed by atoms with Crippen LogP contribution >= 0.6 is 0 Å². The maximum absolute atomic E-state index is 13.9. The zero-order chi connectivity index (χ0) is 37.3. The molecular formula is C35H44N4O12. The van der Waals surface area contributed by atoms with E-state index in [1.54, 1.807) is 57.2 Å². The highest BCUT2D eigenvalue weighted by Crippen LogP contribution is 2.46. The van der Waals surface area contributed by atoms with E-state index in [2.05, 4.69) is 16.0 Å². The molecular weight excluding hydrogens is 668 g/mol. The number of amides is 4. The van der Waals surface area contributed by atoms with Crippen molar-refractivity contribution in [3.05, 3.63) is 52.2 Å². The van der Waals surface area contributed by atoms with E-state index in [-0.39, 0.29) is 63.4 Å². The molecule has 4 rings (SSSR count). The maximum atomic E-state index is 13.9. The summed E-state index contributed by atoms with van der Waals surface area (Å²) in [5.74, 6) is -0.958. The minimum absolute atomic E-state index is 0.0466. The molecule has 0 saturated heterocycles. The fraction of sp³-hybridized carbons (Fsp3) is 0.457. The molecule has 0 aromatic heterocycles. The molecule has 7 N–H and O–H groups in total. The quantitative estimate of drug-likeness (QED) is 0.0981. The van der Waals surface area contributed by atoms with Crippen LogP contribution in [0, 0.1) is 0 Å². The molecule has 1 heterocycles. The molecule has 1 aliphatic rings. The zero-order valence-electron chi connectivity index (χ0n) is 28.7. The van der Waals surface area contributed by atoms with E-state index >= 15 is 0 Å². The molecule has 0 radical (unpaired) electrons. The molecule has 3 aromatic carbocycles. The summed E-state index contributed by atoms with van der Waals surface area (Å²) in [5.41, 5.74) is 1.93.